The molecule has 0 spiro atoms. The van der Waals surface area contributed by atoms with E-state index in [1.807, 2.05) is 72.3 Å². The van der Waals surface area contributed by atoms with Gasteiger partial charge in [0, 0.05) is 27.5 Å². The van der Waals surface area contributed by atoms with E-state index in [0.29, 0.717) is 12.2 Å². The second kappa shape index (κ2) is 7.75. The van der Waals surface area contributed by atoms with Crippen LogP contribution >= 0.6 is 11.8 Å². The quantitative estimate of drug-likeness (QED) is 0.599. The summed E-state index contributed by atoms with van der Waals surface area (Å²) in [6.45, 7) is 2.32. The van der Waals surface area contributed by atoms with E-state index in [2.05, 4.69) is 5.32 Å². The molecule has 1 unspecified atom stereocenters. The molecule has 1 aromatic heterocycles. The number of anilines is 1. The summed E-state index contributed by atoms with van der Waals surface area (Å²) < 4.78 is 2.01. The molecule has 5 nitrogen and oxygen atoms in total. The molecule has 160 valence electrons. The summed E-state index contributed by atoms with van der Waals surface area (Å²) in [5.41, 5.74) is 1.36. The van der Waals surface area contributed by atoms with E-state index in [9.17, 15) is 9.59 Å². The number of carbonyl (C=O) groups excluding carboxylic acids is 2. The van der Waals surface area contributed by atoms with Gasteiger partial charge < -0.3 is 9.88 Å². The number of rotatable bonds is 4. The van der Waals surface area contributed by atoms with E-state index in [4.69, 9.17) is 0 Å². The summed E-state index contributed by atoms with van der Waals surface area (Å²) in [7, 11) is 0. The molecular weight excluding hydrogens is 406 g/mol. The van der Waals surface area contributed by atoms with Gasteiger partial charge in [-0.25, -0.2) is 0 Å². The SMILES string of the molecule is CSc1cccc(N2C(=O)c3cc4ccccc4n3CC2(C)C(=O)NC2CCCC2)c1. The largest absolute Gasteiger partial charge is 0.351 e. The van der Waals surface area contributed by atoms with Gasteiger partial charge in [-0.15, -0.1) is 11.8 Å². The molecule has 1 aliphatic heterocycles. The van der Waals surface area contributed by atoms with Gasteiger partial charge in [-0.1, -0.05) is 37.1 Å². The Balaban J connectivity index is 1.64. The predicted molar refractivity (Wildman–Crippen MR) is 126 cm³/mol. The van der Waals surface area contributed by atoms with Crippen LogP contribution in [-0.4, -0.2) is 34.2 Å². The Morgan fingerprint density at radius 3 is 2.65 bits per heavy atom. The fraction of sp³-hybridized carbons (Fsp3) is 0.360. The molecule has 1 atom stereocenters. The maximum Gasteiger partial charge on any atom is 0.275 e. The minimum absolute atomic E-state index is 0.0780. The molecule has 2 amide bonds. The number of carbonyl (C=O) groups is 2. The third-order valence-electron chi connectivity index (χ3n) is 6.68. The molecule has 2 heterocycles. The Morgan fingerprint density at radius 2 is 1.87 bits per heavy atom. The molecule has 1 N–H and O–H groups in total. The standard InChI is InChI=1S/C25H27N3O2S/c1-25(24(30)26-18-9-4-5-10-18)16-27-21-13-6-3-8-17(21)14-22(27)23(29)28(25)19-11-7-12-20(15-19)31-2/h3,6-8,11-15,18H,4-5,9-10,16H2,1-2H3,(H,26,30). The lowest BCUT2D eigenvalue weighted by Crippen LogP contribution is -2.65. The number of nitrogens with one attached hydrogen (secondary N) is 1. The van der Waals surface area contributed by atoms with Crippen molar-refractivity contribution in [2.45, 2.75) is 55.6 Å². The summed E-state index contributed by atoms with van der Waals surface area (Å²) in [5, 5.41) is 4.28. The molecule has 0 saturated heterocycles. The van der Waals surface area contributed by atoms with Crippen LogP contribution in [0.25, 0.3) is 10.9 Å². The molecule has 0 bridgehead atoms. The van der Waals surface area contributed by atoms with E-state index in [1.165, 1.54) is 0 Å². The zero-order valence-corrected chi connectivity index (χ0v) is 18.7. The Kier molecular flexibility index (Phi) is 5.05. The summed E-state index contributed by atoms with van der Waals surface area (Å²) in [5.74, 6) is -0.212. The Hall–Kier alpha value is -2.73. The van der Waals surface area contributed by atoms with Crippen molar-refractivity contribution in [2.75, 3.05) is 11.2 Å². The lowest BCUT2D eigenvalue weighted by molar-refractivity contribution is -0.127. The molecule has 3 aromatic rings. The minimum atomic E-state index is -1.02. The average molecular weight is 434 g/mol. The average Bonchev–Trinajstić information content (AvgIpc) is 3.42. The second-order valence-electron chi connectivity index (χ2n) is 8.75. The van der Waals surface area contributed by atoms with Crippen molar-refractivity contribution in [1.29, 1.82) is 0 Å². The lowest BCUT2D eigenvalue weighted by atomic mass is 9.93. The maximum absolute atomic E-state index is 13.9. The van der Waals surface area contributed by atoms with Crippen LogP contribution < -0.4 is 10.2 Å². The summed E-state index contributed by atoms with van der Waals surface area (Å²) in [4.78, 5) is 30.3. The van der Waals surface area contributed by atoms with Gasteiger partial charge in [0.1, 0.15) is 11.2 Å². The van der Waals surface area contributed by atoms with E-state index < -0.39 is 5.54 Å². The van der Waals surface area contributed by atoms with Gasteiger partial charge in [0.15, 0.2) is 0 Å². The number of nitrogens with zero attached hydrogens (tertiary/aromatic N) is 2. The van der Waals surface area contributed by atoms with Crippen LogP contribution in [0.4, 0.5) is 5.69 Å². The van der Waals surface area contributed by atoms with Crippen LogP contribution in [-0.2, 0) is 11.3 Å². The summed E-state index contributed by atoms with van der Waals surface area (Å²) in [6, 6.07) is 18.0. The first-order valence-corrected chi connectivity index (χ1v) is 12.1. The monoisotopic (exact) mass is 433 g/mol. The lowest BCUT2D eigenvalue weighted by Gasteiger charge is -2.44. The highest BCUT2D eigenvalue weighted by Crippen LogP contribution is 2.37. The molecular formula is C25H27N3O2S. The first-order chi connectivity index (χ1) is 15.0. The molecule has 31 heavy (non-hydrogen) atoms. The molecule has 5 rings (SSSR count). The smallest absolute Gasteiger partial charge is 0.275 e. The molecule has 2 aliphatic rings. The van der Waals surface area contributed by atoms with E-state index in [1.54, 1.807) is 16.7 Å². The Morgan fingerprint density at radius 1 is 1.10 bits per heavy atom. The highest BCUT2D eigenvalue weighted by Gasteiger charge is 2.49. The number of fused-ring (bicyclic) bond motifs is 3. The maximum atomic E-state index is 13.9. The zero-order valence-electron chi connectivity index (χ0n) is 17.9. The fourth-order valence-electron chi connectivity index (χ4n) is 5.01. The second-order valence-corrected chi connectivity index (χ2v) is 9.62. The number of aromatic nitrogens is 1. The molecule has 2 aromatic carbocycles. The van der Waals surface area contributed by atoms with E-state index >= 15 is 0 Å². The normalized spacial score (nSPS) is 21.5. The highest BCUT2D eigenvalue weighted by molar-refractivity contribution is 7.98. The van der Waals surface area contributed by atoms with Crippen LogP contribution in [0.3, 0.4) is 0 Å². The van der Waals surface area contributed by atoms with Crippen LogP contribution in [0.5, 0.6) is 0 Å². The molecule has 1 aliphatic carbocycles. The Bertz CT molecular complexity index is 1160. The fourth-order valence-corrected chi connectivity index (χ4v) is 5.46. The minimum Gasteiger partial charge on any atom is -0.351 e. The number of para-hydroxylation sites is 1. The molecule has 0 radical (unpaired) electrons. The number of hydrogen-bond acceptors (Lipinski definition) is 3. The van der Waals surface area contributed by atoms with Gasteiger partial charge >= 0.3 is 0 Å². The number of amides is 2. The summed E-state index contributed by atoms with van der Waals surface area (Å²) >= 11 is 1.63. The first kappa shape index (κ1) is 20.2. The van der Waals surface area contributed by atoms with Crippen LogP contribution in [0.2, 0.25) is 0 Å². The Labute approximate surface area is 186 Å². The van der Waals surface area contributed by atoms with Gasteiger partial charge in [-0.05, 0) is 56.4 Å². The first-order valence-electron chi connectivity index (χ1n) is 10.9. The number of benzene rings is 2. The molecule has 1 fully saturated rings. The van der Waals surface area contributed by atoms with E-state index in [0.717, 1.165) is 47.2 Å². The van der Waals surface area contributed by atoms with Crippen LogP contribution in [0.15, 0.2) is 59.5 Å². The van der Waals surface area contributed by atoms with Gasteiger partial charge in [0.05, 0.1) is 6.54 Å². The highest BCUT2D eigenvalue weighted by atomic mass is 32.2. The topological polar surface area (TPSA) is 54.3 Å². The van der Waals surface area contributed by atoms with Gasteiger partial charge in [-0.3, -0.25) is 14.5 Å². The van der Waals surface area contributed by atoms with Crippen molar-refractivity contribution in [3.8, 4) is 0 Å². The van der Waals surface area contributed by atoms with E-state index in [-0.39, 0.29) is 17.9 Å². The van der Waals surface area contributed by atoms with Gasteiger partial charge in [-0.2, -0.15) is 0 Å². The number of thioether (sulfide) groups is 1. The van der Waals surface area contributed by atoms with Crippen molar-refractivity contribution in [2.24, 2.45) is 0 Å². The van der Waals surface area contributed by atoms with Crippen molar-refractivity contribution >= 4 is 40.2 Å². The third kappa shape index (κ3) is 3.33. The van der Waals surface area contributed by atoms with Crippen molar-refractivity contribution in [3.63, 3.8) is 0 Å². The van der Waals surface area contributed by atoms with Crippen molar-refractivity contribution in [3.05, 3.63) is 60.3 Å². The summed E-state index contributed by atoms with van der Waals surface area (Å²) in [6.07, 6.45) is 6.32. The number of hydrogen-bond donors (Lipinski definition) is 1. The van der Waals surface area contributed by atoms with Gasteiger partial charge in [0.2, 0.25) is 5.91 Å². The van der Waals surface area contributed by atoms with Crippen molar-refractivity contribution in [1.82, 2.24) is 9.88 Å². The molecule has 6 heteroatoms. The predicted octanol–water partition coefficient (Wildman–Crippen LogP) is 4.84. The van der Waals surface area contributed by atoms with Crippen molar-refractivity contribution < 1.29 is 9.59 Å². The zero-order chi connectivity index (χ0) is 21.6. The van der Waals surface area contributed by atoms with Crippen LogP contribution in [0, 0.1) is 0 Å². The third-order valence-corrected chi connectivity index (χ3v) is 7.41. The van der Waals surface area contributed by atoms with Crippen LogP contribution in [0.1, 0.15) is 43.1 Å². The van der Waals surface area contributed by atoms with Gasteiger partial charge in [0.25, 0.3) is 5.91 Å². The molecule has 1 saturated carbocycles.